The summed E-state index contributed by atoms with van der Waals surface area (Å²) in [6, 6.07) is 4.77. The maximum Gasteiger partial charge on any atom is 0.275 e. The van der Waals surface area contributed by atoms with Crippen LogP contribution in [0.5, 0.6) is 11.5 Å². The van der Waals surface area contributed by atoms with E-state index >= 15 is 0 Å². The van der Waals surface area contributed by atoms with E-state index in [1.807, 2.05) is 6.92 Å². The van der Waals surface area contributed by atoms with Crippen LogP contribution in [0.4, 0.5) is 0 Å². The molecule has 1 atom stereocenters. The molecule has 2 N–H and O–H groups in total. The molecule has 0 unspecified atom stereocenters. The molecule has 0 saturated carbocycles. The van der Waals surface area contributed by atoms with Gasteiger partial charge in [-0.3, -0.25) is 4.79 Å². The third-order valence-electron chi connectivity index (χ3n) is 4.96. The number of methoxy groups -OCH3 is 2. The minimum atomic E-state index is -3.61. The van der Waals surface area contributed by atoms with Gasteiger partial charge in [-0.05, 0) is 25.5 Å². The third kappa shape index (κ3) is 5.59. The van der Waals surface area contributed by atoms with Crippen molar-refractivity contribution in [3.63, 3.8) is 0 Å². The van der Waals surface area contributed by atoms with E-state index in [0.29, 0.717) is 44.2 Å². The summed E-state index contributed by atoms with van der Waals surface area (Å²) in [4.78, 5) is 13.4. The van der Waals surface area contributed by atoms with E-state index in [-0.39, 0.29) is 16.8 Å². The largest absolute Gasteiger partial charge is 0.493 e. The Morgan fingerprint density at radius 1 is 1.21 bits per heavy atom. The number of amides is 1. The standard InChI is InChI=1S/C19H31N3O5S/c1-5-6-15(2)20-19(23)14-21-9-11-22(12-10-21)28(24,25)16-7-8-17(26-3)18(13-16)27-4/h7-8,13,15H,5-6,9-12,14H2,1-4H3,(H,20,23)/p+1/t15-/m0/s1. The van der Waals surface area contributed by atoms with E-state index in [4.69, 9.17) is 9.47 Å². The molecule has 1 amide bonds. The Morgan fingerprint density at radius 3 is 2.43 bits per heavy atom. The number of sulfonamides is 1. The molecule has 1 aromatic carbocycles. The number of carbonyl (C=O) groups is 1. The lowest BCUT2D eigenvalue weighted by molar-refractivity contribution is -0.895. The molecule has 0 bridgehead atoms. The topological polar surface area (TPSA) is 89.4 Å². The van der Waals surface area contributed by atoms with E-state index in [1.165, 1.54) is 30.7 Å². The van der Waals surface area contributed by atoms with Crippen molar-refractivity contribution < 1.29 is 27.6 Å². The highest BCUT2D eigenvalue weighted by molar-refractivity contribution is 7.89. The van der Waals surface area contributed by atoms with Crippen molar-refractivity contribution in [3.8, 4) is 11.5 Å². The first-order valence-electron chi connectivity index (χ1n) is 9.66. The summed E-state index contributed by atoms with van der Waals surface area (Å²) in [6.07, 6.45) is 1.99. The predicted molar refractivity (Wildman–Crippen MR) is 106 cm³/mol. The van der Waals surface area contributed by atoms with Crippen LogP contribution in [0, 0.1) is 0 Å². The quantitative estimate of drug-likeness (QED) is 0.589. The number of ether oxygens (including phenoxy) is 2. The van der Waals surface area contributed by atoms with Gasteiger partial charge in [-0.25, -0.2) is 8.42 Å². The van der Waals surface area contributed by atoms with E-state index in [9.17, 15) is 13.2 Å². The Labute approximate surface area is 167 Å². The molecule has 9 heteroatoms. The first-order chi connectivity index (χ1) is 13.3. The van der Waals surface area contributed by atoms with Gasteiger partial charge in [0.25, 0.3) is 5.91 Å². The highest BCUT2D eigenvalue weighted by atomic mass is 32.2. The van der Waals surface area contributed by atoms with Crippen molar-refractivity contribution in [2.45, 2.75) is 37.6 Å². The minimum Gasteiger partial charge on any atom is -0.493 e. The van der Waals surface area contributed by atoms with Crippen LogP contribution in [0.15, 0.2) is 23.1 Å². The molecule has 8 nitrogen and oxygen atoms in total. The molecule has 0 aromatic heterocycles. The van der Waals surface area contributed by atoms with Crippen molar-refractivity contribution >= 4 is 15.9 Å². The van der Waals surface area contributed by atoms with Crippen LogP contribution >= 0.6 is 0 Å². The molecule has 1 aliphatic heterocycles. The molecule has 1 saturated heterocycles. The maximum absolute atomic E-state index is 12.9. The summed E-state index contributed by atoms with van der Waals surface area (Å²) in [5, 5.41) is 3.00. The van der Waals surface area contributed by atoms with Gasteiger partial charge in [-0.15, -0.1) is 0 Å². The van der Waals surface area contributed by atoms with Crippen LogP contribution in [0.3, 0.4) is 0 Å². The third-order valence-corrected chi connectivity index (χ3v) is 6.86. The fourth-order valence-electron chi connectivity index (χ4n) is 3.40. The van der Waals surface area contributed by atoms with Gasteiger partial charge >= 0.3 is 0 Å². The van der Waals surface area contributed by atoms with Crippen LogP contribution < -0.4 is 19.7 Å². The van der Waals surface area contributed by atoms with Crippen molar-refractivity contribution in [1.29, 1.82) is 0 Å². The number of hydrogen-bond donors (Lipinski definition) is 2. The molecule has 1 heterocycles. The Balaban J connectivity index is 1.95. The first kappa shape index (κ1) is 22.4. The maximum atomic E-state index is 12.9. The van der Waals surface area contributed by atoms with Gasteiger partial charge in [0.1, 0.15) is 0 Å². The molecule has 28 heavy (non-hydrogen) atoms. The van der Waals surface area contributed by atoms with Gasteiger partial charge < -0.3 is 19.7 Å². The Kier molecular flexibility index (Phi) is 8.09. The summed E-state index contributed by atoms with van der Waals surface area (Å²) < 4.78 is 37.7. The first-order valence-corrected chi connectivity index (χ1v) is 11.1. The van der Waals surface area contributed by atoms with Crippen molar-refractivity contribution in [2.75, 3.05) is 46.9 Å². The second-order valence-electron chi connectivity index (χ2n) is 7.10. The molecular formula is C19H32N3O5S+. The summed E-state index contributed by atoms with van der Waals surface area (Å²) in [5.74, 6) is 0.886. The summed E-state index contributed by atoms with van der Waals surface area (Å²) in [5.41, 5.74) is 0. The SMILES string of the molecule is CCC[C@H](C)NC(=O)C[NH+]1CCN(S(=O)(=O)c2ccc(OC)c(OC)c2)CC1. The van der Waals surface area contributed by atoms with Crippen molar-refractivity contribution in [2.24, 2.45) is 0 Å². The van der Waals surface area contributed by atoms with Crippen LogP contribution in [0.1, 0.15) is 26.7 Å². The molecule has 1 aliphatic rings. The molecule has 1 fully saturated rings. The van der Waals surface area contributed by atoms with Crippen LogP contribution in [0.2, 0.25) is 0 Å². The zero-order valence-corrected chi connectivity index (χ0v) is 18.0. The summed E-state index contributed by atoms with van der Waals surface area (Å²) in [6.45, 7) is 6.42. The molecule has 158 valence electrons. The number of nitrogens with one attached hydrogen (secondary N) is 2. The average molecular weight is 415 g/mol. The normalized spacial score (nSPS) is 17.1. The van der Waals surface area contributed by atoms with E-state index in [2.05, 4.69) is 12.2 Å². The van der Waals surface area contributed by atoms with Crippen molar-refractivity contribution in [3.05, 3.63) is 18.2 Å². The second-order valence-corrected chi connectivity index (χ2v) is 9.04. The lowest BCUT2D eigenvalue weighted by Crippen LogP contribution is -3.15. The second kappa shape index (κ2) is 10.1. The zero-order chi connectivity index (χ0) is 20.7. The van der Waals surface area contributed by atoms with Crippen LogP contribution in [-0.2, 0) is 14.8 Å². The summed E-state index contributed by atoms with van der Waals surface area (Å²) in [7, 11) is -0.632. The molecule has 0 aliphatic carbocycles. The van der Waals surface area contributed by atoms with Gasteiger partial charge in [0.2, 0.25) is 10.0 Å². The smallest absolute Gasteiger partial charge is 0.275 e. The van der Waals surface area contributed by atoms with Crippen LogP contribution in [-0.4, -0.2) is 71.6 Å². The fraction of sp³-hybridized carbons (Fsp3) is 0.632. The van der Waals surface area contributed by atoms with Gasteiger partial charge in [-0.2, -0.15) is 4.31 Å². The van der Waals surface area contributed by atoms with E-state index < -0.39 is 10.0 Å². The number of quaternary nitrogens is 1. The number of piperazine rings is 1. The van der Waals surface area contributed by atoms with Gasteiger partial charge in [0.05, 0.1) is 45.3 Å². The number of nitrogens with zero attached hydrogens (tertiary/aromatic N) is 1. The Bertz CT molecular complexity index is 761. The highest BCUT2D eigenvalue weighted by Crippen LogP contribution is 2.30. The van der Waals surface area contributed by atoms with Crippen molar-refractivity contribution in [1.82, 2.24) is 9.62 Å². The van der Waals surface area contributed by atoms with E-state index in [1.54, 1.807) is 6.07 Å². The molecule has 0 spiro atoms. The van der Waals surface area contributed by atoms with E-state index in [0.717, 1.165) is 17.7 Å². The summed E-state index contributed by atoms with van der Waals surface area (Å²) >= 11 is 0. The molecular weight excluding hydrogens is 382 g/mol. The van der Waals surface area contributed by atoms with Crippen LogP contribution in [0.25, 0.3) is 0 Å². The predicted octanol–water partition coefficient (Wildman–Crippen LogP) is -0.102. The Hall–Kier alpha value is -1.84. The molecule has 0 radical (unpaired) electrons. The monoisotopic (exact) mass is 414 g/mol. The molecule has 1 aromatic rings. The molecule has 2 rings (SSSR count). The number of hydrogen-bond acceptors (Lipinski definition) is 5. The number of carbonyl (C=O) groups excluding carboxylic acids is 1. The zero-order valence-electron chi connectivity index (χ0n) is 17.2. The average Bonchev–Trinajstić information content (AvgIpc) is 2.67. The van der Waals surface area contributed by atoms with Gasteiger partial charge in [-0.1, -0.05) is 13.3 Å². The Morgan fingerprint density at radius 2 is 1.86 bits per heavy atom. The highest BCUT2D eigenvalue weighted by Gasteiger charge is 2.31. The lowest BCUT2D eigenvalue weighted by atomic mass is 10.2. The lowest BCUT2D eigenvalue weighted by Gasteiger charge is -2.31. The fourth-order valence-corrected chi connectivity index (χ4v) is 4.86. The van der Waals surface area contributed by atoms with Gasteiger partial charge in [0.15, 0.2) is 18.0 Å². The number of rotatable bonds is 9. The number of benzene rings is 1. The minimum absolute atomic E-state index is 0.0205. The van der Waals surface area contributed by atoms with Gasteiger partial charge in [0, 0.05) is 12.1 Å².